The fourth-order valence-electron chi connectivity index (χ4n) is 3.53. The number of anilines is 1. The number of benzene rings is 2. The van der Waals surface area contributed by atoms with Gasteiger partial charge in [-0.05, 0) is 54.3 Å². The summed E-state index contributed by atoms with van der Waals surface area (Å²) in [6.07, 6.45) is 0.851. The fraction of sp³-hybridized carbons (Fsp3) is 0.250. The van der Waals surface area contributed by atoms with Crippen molar-refractivity contribution in [1.82, 2.24) is 9.80 Å². The quantitative estimate of drug-likeness (QED) is 0.543. The van der Waals surface area contributed by atoms with Crippen LogP contribution in [0.2, 0.25) is 0 Å². The predicted molar refractivity (Wildman–Crippen MR) is 127 cm³/mol. The molecule has 1 saturated heterocycles. The number of hydrogen-bond donors (Lipinski definition) is 1. The summed E-state index contributed by atoms with van der Waals surface area (Å²) in [5, 5.41) is 15.1. The summed E-state index contributed by atoms with van der Waals surface area (Å²) in [6, 6.07) is 18.7. The lowest BCUT2D eigenvalue weighted by Crippen LogP contribution is -2.37. The number of carbonyl (C=O) groups is 2. The molecule has 164 valence electrons. The first-order valence-electron chi connectivity index (χ1n) is 10.6. The van der Waals surface area contributed by atoms with Gasteiger partial charge in [-0.25, -0.2) is 0 Å². The summed E-state index contributed by atoms with van der Waals surface area (Å²) in [6.45, 7) is 3.12. The van der Waals surface area contributed by atoms with Gasteiger partial charge in [-0.3, -0.25) is 14.5 Å². The highest BCUT2D eigenvalue weighted by Crippen LogP contribution is 2.20. The van der Waals surface area contributed by atoms with E-state index in [2.05, 4.69) is 20.4 Å². The van der Waals surface area contributed by atoms with E-state index in [1.807, 2.05) is 76.3 Å². The molecule has 0 radical (unpaired) electrons. The van der Waals surface area contributed by atoms with Crippen molar-refractivity contribution in [2.75, 3.05) is 38.0 Å². The van der Waals surface area contributed by atoms with Crippen molar-refractivity contribution in [3.8, 4) is 0 Å². The van der Waals surface area contributed by atoms with Crippen molar-refractivity contribution in [2.45, 2.75) is 6.42 Å². The second-order valence-corrected chi connectivity index (χ2v) is 8.34. The molecule has 0 aliphatic carbocycles. The molecule has 8 heteroatoms. The minimum Gasteiger partial charge on any atom is -0.337 e. The number of carbonyl (C=O) groups excluding carboxylic acids is 2. The molecule has 1 aliphatic heterocycles. The summed E-state index contributed by atoms with van der Waals surface area (Å²) >= 11 is 1.53. The maximum atomic E-state index is 12.6. The molecule has 0 saturated carbocycles. The van der Waals surface area contributed by atoms with Gasteiger partial charge in [-0.2, -0.15) is 21.6 Å². The Hall–Kier alpha value is -3.36. The summed E-state index contributed by atoms with van der Waals surface area (Å²) in [4.78, 5) is 29.0. The van der Waals surface area contributed by atoms with E-state index in [1.165, 1.54) is 11.3 Å². The number of amides is 2. The van der Waals surface area contributed by atoms with Crippen LogP contribution in [0.5, 0.6) is 0 Å². The van der Waals surface area contributed by atoms with E-state index >= 15 is 0 Å². The van der Waals surface area contributed by atoms with Crippen LogP contribution in [-0.2, 0) is 4.79 Å². The van der Waals surface area contributed by atoms with Crippen molar-refractivity contribution in [2.24, 2.45) is 10.2 Å². The average Bonchev–Trinajstić information content (AvgIpc) is 3.26. The first-order valence-corrected chi connectivity index (χ1v) is 11.5. The minimum absolute atomic E-state index is 0.0683. The van der Waals surface area contributed by atoms with Crippen molar-refractivity contribution >= 4 is 40.2 Å². The molecule has 1 aromatic heterocycles. The van der Waals surface area contributed by atoms with Gasteiger partial charge in [0, 0.05) is 37.2 Å². The lowest BCUT2D eigenvalue weighted by Gasteiger charge is -2.21. The normalized spacial score (nSPS) is 14.9. The third kappa shape index (κ3) is 6.09. The zero-order valence-electron chi connectivity index (χ0n) is 17.7. The molecular weight excluding hydrogens is 422 g/mol. The smallest absolute Gasteiger partial charge is 0.254 e. The van der Waals surface area contributed by atoms with Crippen LogP contribution >= 0.6 is 11.3 Å². The highest BCUT2D eigenvalue weighted by atomic mass is 32.1. The Balaban J connectivity index is 1.25. The molecular formula is C24H25N5O2S. The summed E-state index contributed by atoms with van der Waals surface area (Å²) in [7, 11) is 0. The molecule has 0 bridgehead atoms. The van der Waals surface area contributed by atoms with Crippen LogP contribution in [0.4, 0.5) is 17.1 Å². The zero-order chi connectivity index (χ0) is 22.2. The fourth-order valence-corrected chi connectivity index (χ4v) is 4.16. The van der Waals surface area contributed by atoms with Gasteiger partial charge in [-0.15, -0.1) is 0 Å². The van der Waals surface area contributed by atoms with E-state index < -0.39 is 0 Å². The summed E-state index contributed by atoms with van der Waals surface area (Å²) in [5.41, 5.74) is 2.97. The molecule has 0 unspecified atom stereocenters. The number of hydrogen-bond acceptors (Lipinski definition) is 6. The first-order chi connectivity index (χ1) is 15.7. The van der Waals surface area contributed by atoms with Crippen LogP contribution in [0, 0.1) is 0 Å². The van der Waals surface area contributed by atoms with Crippen LogP contribution in [0.1, 0.15) is 16.8 Å². The zero-order valence-corrected chi connectivity index (χ0v) is 18.5. The van der Waals surface area contributed by atoms with Crippen LogP contribution in [0.25, 0.3) is 0 Å². The van der Waals surface area contributed by atoms with Crippen LogP contribution < -0.4 is 5.32 Å². The number of rotatable bonds is 6. The van der Waals surface area contributed by atoms with Crippen LogP contribution in [0.15, 0.2) is 81.7 Å². The highest BCUT2D eigenvalue weighted by molar-refractivity contribution is 7.08. The standard InChI is InChI=1S/C24H25N5O2S/c30-23(17-28-12-4-13-29(15-14-28)24(31)19-11-16-32-18-19)25-20-7-9-22(10-8-20)27-26-21-5-2-1-3-6-21/h1-3,5-11,16,18H,4,12-15,17H2,(H,25,30). The molecule has 0 spiro atoms. The van der Waals surface area contributed by atoms with Gasteiger partial charge in [0.15, 0.2) is 0 Å². The molecule has 2 amide bonds. The van der Waals surface area contributed by atoms with E-state index in [0.717, 1.165) is 35.6 Å². The van der Waals surface area contributed by atoms with Gasteiger partial charge in [0.25, 0.3) is 5.91 Å². The SMILES string of the molecule is O=C(CN1CCCN(C(=O)c2ccsc2)CC1)Nc1ccc(N=Nc2ccccc2)cc1. The minimum atomic E-state index is -0.0683. The Kier molecular flexibility index (Phi) is 7.37. The van der Waals surface area contributed by atoms with Gasteiger partial charge in [0.2, 0.25) is 5.91 Å². The molecule has 32 heavy (non-hydrogen) atoms. The lowest BCUT2D eigenvalue weighted by molar-refractivity contribution is -0.117. The Labute approximate surface area is 191 Å². The maximum Gasteiger partial charge on any atom is 0.254 e. The maximum absolute atomic E-state index is 12.6. The van der Waals surface area contributed by atoms with Gasteiger partial charge >= 0.3 is 0 Å². The largest absolute Gasteiger partial charge is 0.337 e. The van der Waals surface area contributed by atoms with E-state index in [0.29, 0.717) is 26.2 Å². The van der Waals surface area contributed by atoms with E-state index in [9.17, 15) is 9.59 Å². The second-order valence-electron chi connectivity index (χ2n) is 7.56. The van der Waals surface area contributed by atoms with Crippen molar-refractivity contribution in [1.29, 1.82) is 0 Å². The molecule has 2 aromatic carbocycles. The molecule has 7 nitrogen and oxygen atoms in total. The number of nitrogens with one attached hydrogen (secondary N) is 1. The van der Waals surface area contributed by atoms with Gasteiger partial charge < -0.3 is 10.2 Å². The van der Waals surface area contributed by atoms with Gasteiger partial charge in [0.1, 0.15) is 0 Å². The third-order valence-corrected chi connectivity index (χ3v) is 5.88. The van der Waals surface area contributed by atoms with Gasteiger partial charge in [0.05, 0.1) is 23.5 Å². The van der Waals surface area contributed by atoms with Gasteiger partial charge in [-0.1, -0.05) is 18.2 Å². The van der Waals surface area contributed by atoms with Crippen molar-refractivity contribution in [3.05, 3.63) is 77.0 Å². The second kappa shape index (κ2) is 10.8. The Morgan fingerprint density at radius 1 is 0.875 bits per heavy atom. The van der Waals surface area contributed by atoms with Crippen LogP contribution in [-0.4, -0.2) is 54.3 Å². The Morgan fingerprint density at radius 3 is 2.34 bits per heavy atom. The molecule has 1 fully saturated rings. The van der Waals surface area contributed by atoms with Crippen molar-refractivity contribution in [3.63, 3.8) is 0 Å². The average molecular weight is 448 g/mol. The molecule has 0 atom stereocenters. The highest BCUT2D eigenvalue weighted by Gasteiger charge is 2.21. The molecule has 2 heterocycles. The van der Waals surface area contributed by atoms with E-state index in [-0.39, 0.29) is 11.8 Å². The monoisotopic (exact) mass is 447 g/mol. The molecule has 1 aliphatic rings. The number of nitrogens with zero attached hydrogens (tertiary/aromatic N) is 4. The first kappa shape index (κ1) is 21.9. The molecule has 1 N–H and O–H groups in total. The Morgan fingerprint density at radius 2 is 1.62 bits per heavy atom. The Bertz CT molecular complexity index is 1050. The lowest BCUT2D eigenvalue weighted by atomic mass is 10.3. The van der Waals surface area contributed by atoms with E-state index in [1.54, 1.807) is 0 Å². The van der Waals surface area contributed by atoms with E-state index in [4.69, 9.17) is 0 Å². The summed E-state index contributed by atoms with van der Waals surface area (Å²) < 4.78 is 0. The third-order valence-electron chi connectivity index (χ3n) is 5.20. The number of azo groups is 1. The number of thiophene rings is 1. The molecule has 4 rings (SSSR count). The topological polar surface area (TPSA) is 77.4 Å². The summed E-state index contributed by atoms with van der Waals surface area (Å²) in [5.74, 6) is 0.00308. The predicted octanol–water partition coefficient (Wildman–Crippen LogP) is 4.95. The van der Waals surface area contributed by atoms with Crippen LogP contribution in [0.3, 0.4) is 0 Å². The molecule has 3 aromatic rings. The van der Waals surface area contributed by atoms with Crippen molar-refractivity contribution < 1.29 is 9.59 Å².